The van der Waals surface area contributed by atoms with Gasteiger partial charge in [-0.25, -0.2) is 33.5 Å². The maximum Gasteiger partial charge on any atom is 0.341 e. The van der Waals surface area contributed by atoms with E-state index in [0.29, 0.717) is 52.3 Å². The fraction of sp³-hybridized carbons (Fsp3) is 0.371. The Morgan fingerprint density at radius 3 is 1.53 bits per heavy atom. The lowest BCUT2D eigenvalue weighted by Gasteiger charge is -2.42. The van der Waals surface area contributed by atoms with Crippen LogP contribution in [-0.4, -0.2) is 44.8 Å². The lowest BCUT2D eigenvalue weighted by atomic mass is 9.62. The predicted molar refractivity (Wildman–Crippen MR) is 175 cm³/mol. The fourth-order valence-electron chi connectivity index (χ4n) is 6.21. The summed E-state index contributed by atoms with van der Waals surface area (Å²) in [4.78, 5) is 40.3. The number of aromatic nitrogens is 4. The Labute approximate surface area is 282 Å². The third-order valence-electron chi connectivity index (χ3n) is 9.05. The number of halogens is 4. The van der Waals surface area contributed by atoms with E-state index < -0.39 is 5.97 Å². The van der Waals surface area contributed by atoms with Gasteiger partial charge in [0.1, 0.15) is 23.3 Å². The van der Waals surface area contributed by atoms with Crippen molar-refractivity contribution in [3.8, 4) is 0 Å². The summed E-state index contributed by atoms with van der Waals surface area (Å²) in [6.07, 6.45) is 13.3. The molecule has 0 spiro atoms. The van der Waals surface area contributed by atoms with Crippen LogP contribution in [0.25, 0.3) is 0 Å². The Morgan fingerprint density at radius 1 is 0.766 bits per heavy atom. The minimum absolute atomic E-state index is 0.0577. The van der Waals surface area contributed by atoms with Gasteiger partial charge in [-0.1, -0.05) is 48.2 Å². The summed E-state index contributed by atoms with van der Waals surface area (Å²) in [7, 11) is 0. The minimum atomic E-state index is -0.427. The number of esters is 1. The van der Waals surface area contributed by atoms with Crippen molar-refractivity contribution in [2.75, 3.05) is 13.2 Å². The number of Topliss-reactive ketones (excluding diaryl/α,β-unsaturated/α-hetero) is 1. The van der Waals surface area contributed by atoms with Crippen molar-refractivity contribution < 1.29 is 23.1 Å². The SMILES string of the molecule is CCOC(=O)c1cnc(CC2(c3ccc(F)cc3Cl)CCC2)nc1.NCC(=O)c1cnc(CC2(c3ccc(F)cc3Cl)CCC2)nc1. The number of hydrogen-bond acceptors (Lipinski definition) is 8. The van der Waals surface area contributed by atoms with Gasteiger partial charge in [0.2, 0.25) is 0 Å². The van der Waals surface area contributed by atoms with Crippen LogP contribution in [0.2, 0.25) is 10.0 Å². The van der Waals surface area contributed by atoms with Crippen molar-refractivity contribution in [3.63, 3.8) is 0 Å². The largest absolute Gasteiger partial charge is 0.462 e. The van der Waals surface area contributed by atoms with E-state index in [1.807, 2.05) is 0 Å². The molecule has 246 valence electrons. The lowest BCUT2D eigenvalue weighted by Crippen LogP contribution is -2.37. The molecule has 2 N–H and O–H groups in total. The molecular formula is C35H35Cl2F2N5O3. The molecule has 8 nitrogen and oxygen atoms in total. The molecule has 2 aliphatic carbocycles. The highest BCUT2D eigenvalue weighted by Crippen LogP contribution is 2.49. The van der Waals surface area contributed by atoms with E-state index in [4.69, 9.17) is 33.7 Å². The molecule has 4 aromatic rings. The van der Waals surface area contributed by atoms with E-state index in [1.54, 1.807) is 19.1 Å². The van der Waals surface area contributed by atoms with Gasteiger partial charge in [-0.15, -0.1) is 0 Å². The summed E-state index contributed by atoms with van der Waals surface area (Å²) in [5.74, 6) is 0.00432. The predicted octanol–water partition coefficient (Wildman–Crippen LogP) is 7.19. The summed E-state index contributed by atoms with van der Waals surface area (Å²) in [5, 5.41) is 0.887. The van der Waals surface area contributed by atoms with Crippen LogP contribution in [0.5, 0.6) is 0 Å². The molecule has 0 atom stereocenters. The van der Waals surface area contributed by atoms with Gasteiger partial charge < -0.3 is 10.5 Å². The molecule has 47 heavy (non-hydrogen) atoms. The number of ether oxygens (including phenoxy) is 1. The first-order valence-electron chi connectivity index (χ1n) is 15.5. The molecule has 12 heteroatoms. The Morgan fingerprint density at radius 2 is 1.19 bits per heavy atom. The number of nitrogens with two attached hydrogens (primary N) is 1. The molecule has 0 aliphatic heterocycles. The normalized spacial score (nSPS) is 15.8. The third-order valence-corrected chi connectivity index (χ3v) is 9.67. The number of ketones is 1. The Bertz CT molecular complexity index is 1730. The van der Waals surface area contributed by atoms with Crippen LogP contribution >= 0.6 is 23.2 Å². The van der Waals surface area contributed by atoms with E-state index in [1.165, 1.54) is 49.1 Å². The highest BCUT2D eigenvalue weighted by Gasteiger charge is 2.42. The second kappa shape index (κ2) is 14.9. The van der Waals surface area contributed by atoms with Crippen LogP contribution in [0.1, 0.15) is 88.9 Å². The number of rotatable bonds is 10. The Balaban J connectivity index is 0.000000185. The van der Waals surface area contributed by atoms with Crippen molar-refractivity contribution in [1.29, 1.82) is 0 Å². The third kappa shape index (κ3) is 7.83. The molecule has 0 unspecified atom stereocenters. The van der Waals surface area contributed by atoms with E-state index in [9.17, 15) is 18.4 Å². The van der Waals surface area contributed by atoms with Gasteiger partial charge in [0.15, 0.2) is 5.78 Å². The first kappa shape index (κ1) is 34.5. The quantitative estimate of drug-likeness (QED) is 0.138. The number of benzene rings is 2. The van der Waals surface area contributed by atoms with Gasteiger partial charge in [0.05, 0.1) is 24.3 Å². The van der Waals surface area contributed by atoms with Crippen LogP contribution in [0, 0.1) is 11.6 Å². The van der Waals surface area contributed by atoms with E-state index in [0.717, 1.165) is 49.7 Å². The van der Waals surface area contributed by atoms with E-state index >= 15 is 0 Å². The van der Waals surface area contributed by atoms with Crippen LogP contribution < -0.4 is 5.73 Å². The number of carbonyl (C=O) groups excluding carboxylic acids is 2. The van der Waals surface area contributed by atoms with Crippen molar-refractivity contribution in [2.24, 2.45) is 5.73 Å². The number of nitrogens with zero attached hydrogens (tertiary/aromatic N) is 4. The molecule has 2 aromatic carbocycles. The van der Waals surface area contributed by atoms with Crippen molar-refractivity contribution >= 4 is 35.0 Å². The second-order valence-electron chi connectivity index (χ2n) is 12.0. The molecule has 6 rings (SSSR count). The molecule has 0 bridgehead atoms. The average Bonchev–Trinajstić information content (AvgIpc) is 3.02. The smallest absolute Gasteiger partial charge is 0.341 e. The lowest BCUT2D eigenvalue weighted by molar-refractivity contribution is 0.0525. The van der Waals surface area contributed by atoms with Gasteiger partial charge in [-0.05, 0) is 68.0 Å². The fourth-order valence-corrected chi connectivity index (χ4v) is 6.94. The standard InChI is InChI=1S/C18H18ClFN2O2.C17H17ClFN3O/c1-2-24-17(23)12-10-21-16(22-11-12)9-18(6-3-7-18)14-5-4-13(20)8-15(14)19;18-14-6-12(19)2-3-13(14)17(4-1-5-17)7-16-21-9-11(10-22-16)15(23)8-20/h4-5,8,10-11H,2-3,6-7,9H2,1H3;2-3,6,9-10H,1,4-5,7-8,20H2. The summed E-state index contributed by atoms with van der Waals surface area (Å²) < 4.78 is 31.5. The molecule has 0 radical (unpaired) electrons. The van der Waals surface area contributed by atoms with Crippen LogP contribution in [0.3, 0.4) is 0 Å². The number of carbonyl (C=O) groups is 2. The van der Waals surface area contributed by atoms with Crippen molar-refractivity contribution in [2.45, 2.75) is 69.1 Å². The van der Waals surface area contributed by atoms with E-state index in [2.05, 4.69) is 19.9 Å². The van der Waals surface area contributed by atoms with Gasteiger partial charge in [0, 0.05) is 58.5 Å². The Kier molecular flexibility index (Phi) is 10.9. The summed E-state index contributed by atoms with van der Waals surface area (Å²) in [6.45, 7) is 2.00. The van der Waals surface area contributed by atoms with Crippen LogP contribution in [0.15, 0.2) is 61.2 Å². The van der Waals surface area contributed by atoms with Gasteiger partial charge in [-0.2, -0.15) is 0 Å². The average molecular weight is 683 g/mol. The molecule has 2 fully saturated rings. The number of hydrogen-bond donors (Lipinski definition) is 1. The highest BCUT2D eigenvalue weighted by molar-refractivity contribution is 6.31. The van der Waals surface area contributed by atoms with Crippen molar-refractivity contribution in [3.05, 3.63) is 117 Å². The second-order valence-corrected chi connectivity index (χ2v) is 12.8. The van der Waals surface area contributed by atoms with E-state index in [-0.39, 0.29) is 34.8 Å². The molecule has 2 heterocycles. The Hall–Kier alpha value is -3.86. The molecular weight excluding hydrogens is 647 g/mol. The minimum Gasteiger partial charge on any atom is -0.462 e. The van der Waals surface area contributed by atoms with Crippen LogP contribution in [-0.2, 0) is 28.4 Å². The maximum absolute atomic E-state index is 13.3. The zero-order valence-corrected chi connectivity index (χ0v) is 27.5. The highest BCUT2D eigenvalue weighted by atomic mass is 35.5. The monoisotopic (exact) mass is 681 g/mol. The zero-order valence-electron chi connectivity index (χ0n) is 25.9. The summed E-state index contributed by atoms with van der Waals surface area (Å²) in [6, 6.07) is 9.08. The van der Waals surface area contributed by atoms with Gasteiger partial charge in [-0.3, -0.25) is 4.79 Å². The molecule has 0 amide bonds. The first-order chi connectivity index (χ1) is 22.6. The topological polar surface area (TPSA) is 121 Å². The molecule has 0 saturated heterocycles. The van der Waals surface area contributed by atoms with Crippen LogP contribution in [0.4, 0.5) is 8.78 Å². The van der Waals surface area contributed by atoms with Crippen molar-refractivity contribution in [1.82, 2.24) is 19.9 Å². The summed E-state index contributed by atoms with van der Waals surface area (Å²) in [5.41, 5.74) is 7.66. The zero-order chi connectivity index (χ0) is 33.6. The maximum atomic E-state index is 13.3. The molecule has 2 aliphatic rings. The molecule has 2 aromatic heterocycles. The molecule has 2 saturated carbocycles. The summed E-state index contributed by atoms with van der Waals surface area (Å²) >= 11 is 12.5. The first-order valence-corrected chi connectivity index (χ1v) is 16.3. The van der Waals surface area contributed by atoms with Gasteiger partial charge in [0.25, 0.3) is 0 Å². The van der Waals surface area contributed by atoms with Gasteiger partial charge >= 0.3 is 5.97 Å².